The lowest BCUT2D eigenvalue weighted by atomic mass is 9.99. The van der Waals surface area contributed by atoms with Gasteiger partial charge >= 0.3 is 5.00 Å². The van der Waals surface area contributed by atoms with Gasteiger partial charge in [0.25, 0.3) is 0 Å². The fraction of sp³-hybridized carbons (Fsp3) is 0.714. The van der Waals surface area contributed by atoms with E-state index in [0.29, 0.717) is 5.92 Å². The summed E-state index contributed by atoms with van der Waals surface area (Å²) in [5, 5.41) is 14.4. The van der Waals surface area contributed by atoms with Gasteiger partial charge in [0, 0.05) is 24.0 Å². The molecular weight excluding hydrogens is 274 g/mol. The lowest BCUT2D eigenvalue weighted by Gasteiger charge is -2.29. The zero-order valence-corrected chi connectivity index (χ0v) is 12.8. The van der Waals surface area contributed by atoms with E-state index >= 15 is 0 Å². The minimum absolute atomic E-state index is 0.246. The second kappa shape index (κ2) is 7.71. The maximum atomic E-state index is 10.7. The van der Waals surface area contributed by atoms with Gasteiger partial charge < -0.3 is 5.32 Å². The normalized spacial score (nSPS) is 19.4. The van der Waals surface area contributed by atoms with Crippen molar-refractivity contribution in [3.8, 4) is 0 Å². The van der Waals surface area contributed by atoms with Crippen LogP contribution in [0.25, 0.3) is 0 Å². The molecule has 1 saturated heterocycles. The van der Waals surface area contributed by atoms with E-state index in [1.807, 2.05) is 6.07 Å². The van der Waals surface area contributed by atoms with Crippen molar-refractivity contribution in [3.05, 3.63) is 27.1 Å². The van der Waals surface area contributed by atoms with Crippen LogP contribution >= 0.6 is 11.3 Å². The van der Waals surface area contributed by atoms with E-state index in [9.17, 15) is 10.1 Å². The van der Waals surface area contributed by atoms with E-state index in [-0.39, 0.29) is 9.92 Å². The third kappa shape index (κ3) is 4.54. The number of hydrogen-bond acceptors (Lipinski definition) is 5. The molecule has 20 heavy (non-hydrogen) atoms. The second-order valence-corrected chi connectivity index (χ2v) is 6.59. The highest BCUT2D eigenvalue weighted by atomic mass is 32.1. The van der Waals surface area contributed by atoms with Gasteiger partial charge in [-0.2, -0.15) is 0 Å². The van der Waals surface area contributed by atoms with Gasteiger partial charge in [0.15, 0.2) is 0 Å². The summed E-state index contributed by atoms with van der Waals surface area (Å²) in [6.45, 7) is 7.41. The van der Waals surface area contributed by atoms with E-state index < -0.39 is 0 Å². The molecule has 0 bridgehead atoms. The molecule has 2 heterocycles. The lowest BCUT2D eigenvalue weighted by molar-refractivity contribution is -0.380. The third-order valence-corrected chi connectivity index (χ3v) is 4.68. The first-order chi connectivity index (χ1) is 9.69. The molecule has 6 heteroatoms. The predicted molar refractivity (Wildman–Crippen MR) is 82.1 cm³/mol. The summed E-state index contributed by atoms with van der Waals surface area (Å²) in [5.41, 5.74) is 0. The molecule has 0 radical (unpaired) electrons. The van der Waals surface area contributed by atoms with Crippen LogP contribution in [0.1, 0.15) is 31.1 Å². The third-order valence-electron chi connectivity index (χ3n) is 3.66. The van der Waals surface area contributed by atoms with Gasteiger partial charge in [0.05, 0.1) is 4.92 Å². The van der Waals surface area contributed by atoms with Crippen LogP contribution in [-0.4, -0.2) is 36.0 Å². The van der Waals surface area contributed by atoms with Crippen LogP contribution in [0, 0.1) is 16.0 Å². The zero-order chi connectivity index (χ0) is 14.4. The number of hydrogen-bond donors (Lipinski definition) is 1. The Morgan fingerprint density at radius 1 is 1.55 bits per heavy atom. The van der Waals surface area contributed by atoms with Crippen LogP contribution in [0.5, 0.6) is 0 Å². The molecule has 1 aliphatic rings. The van der Waals surface area contributed by atoms with Crippen LogP contribution in [-0.2, 0) is 6.54 Å². The monoisotopic (exact) mass is 297 g/mol. The Morgan fingerprint density at radius 2 is 2.40 bits per heavy atom. The first-order valence-electron chi connectivity index (χ1n) is 7.35. The molecule has 0 spiro atoms. The molecule has 0 amide bonds. The Hall–Kier alpha value is -0.980. The van der Waals surface area contributed by atoms with Crippen molar-refractivity contribution in [1.82, 2.24) is 10.2 Å². The summed E-state index contributed by atoms with van der Waals surface area (Å²) in [5.74, 6) is 0.713. The highest BCUT2D eigenvalue weighted by Crippen LogP contribution is 2.25. The van der Waals surface area contributed by atoms with Crippen molar-refractivity contribution < 1.29 is 4.92 Å². The Morgan fingerprint density at radius 3 is 3.00 bits per heavy atom. The van der Waals surface area contributed by atoms with Gasteiger partial charge in [0.2, 0.25) is 0 Å². The minimum Gasteiger partial charge on any atom is -0.316 e. The average Bonchev–Trinajstić information content (AvgIpc) is 2.89. The van der Waals surface area contributed by atoms with Gasteiger partial charge in [-0.1, -0.05) is 18.3 Å². The predicted octanol–water partition coefficient (Wildman–Crippen LogP) is 2.87. The number of rotatable bonds is 7. The Kier molecular flexibility index (Phi) is 5.94. The van der Waals surface area contributed by atoms with Gasteiger partial charge in [-0.15, -0.1) is 0 Å². The van der Waals surface area contributed by atoms with Gasteiger partial charge in [0.1, 0.15) is 0 Å². The van der Waals surface area contributed by atoms with Gasteiger partial charge in [-0.25, -0.2) is 0 Å². The molecule has 1 atom stereocenters. The summed E-state index contributed by atoms with van der Waals surface area (Å²) in [4.78, 5) is 14.0. The second-order valence-electron chi connectivity index (χ2n) is 5.44. The van der Waals surface area contributed by atoms with Crippen LogP contribution in [0.2, 0.25) is 0 Å². The fourth-order valence-corrected chi connectivity index (χ4v) is 3.63. The van der Waals surface area contributed by atoms with E-state index in [0.717, 1.165) is 44.0 Å². The largest absolute Gasteiger partial charge is 0.324 e. The molecule has 0 saturated carbocycles. The smallest absolute Gasteiger partial charge is 0.316 e. The van der Waals surface area contributed by atoms with Crippen molar-refractivity contribution >= 4 is 16.3 Å². The van der Waals surface area contributed by atoms with Crippen LogP contribution in [0.4, 0.5) is 5.00 Å². The molecule has 0 aliphatic carbocycles. The van der Waals surface area contributed by atoms with E-state index in [4.69, 9.17) is 0 Å². The molecule has 5 nitrogen and oxygen atoms in total. The summed E-state index contributed by atoms with van der Waals surface area (Å²) < 4.78 is 0. The quantitative estimate of drug-likeness (QED) is 0.621. The van der Waals surface area contributed by atoms with Gasteiger partial charge in [-0.3, -0.25) is 15.0 Å². The SMILES string of the molecule is CCCN(Cc1ccc([N+](=O)[O-])s1)CC1CCCNC1. The number of piperidine rings is 1. The molecule has 112 valence electrons. The molecule has 1 aromatic heterocycles. The molecule has 0 aromatic carbocycles. The highest BCUT2D eigenvalue weighted by Gasteiger charge is 2.18. The van der Waals surface area contributed by atoms with Crippen LogP contribution in [0.15, 0.2) is 12.1 Å². The van der Waals surface area contributed by atoms with Gasteiger partial charge in [-0.05, 0) is 50.9 Å². The Bertz CT molecular complexity index is 430. The Labute approximate surface area is 124 Å². The summed E-state index contributed by atoms with van der Waals surface area (Å²) in [7, 11) is 0. The van der Waals surface area contributed by atoms with E-state index in [1.54, 1.807) is 6.07 Å². The van der Waals surface area contributed by atoms with Crippen molar-refractivity contribution in [2.24, 2.45) is 5.92 Å². The molecule has 1 N–H and O–H groups in total. The average molecular weight is 297 g/mol. The molecule has 1 aromatic rings. The lowest BCUT2D eigenvalue weighted by Crippen LogP contribution is -2.38. The van der Waals surface area contributed by atoms with Crippen molar-refractivity contribution in [1.29, 1.82) is 0 Å². The first kappa shape index (κ1) is 15.4. The molecule has 1 aliphatic heterocycles. The Balaban J connectivity index is 1.91. The fourth-order valence-electron chi connectivity index (χ4n) is 2.77. The summed E-state index contributed by atoms with van der Waals surface area (Å²) >= 11 is 1.30. The zero-order valence-electron chi connectivity index (χ0n) is 12.0. The van der Waals surface area contributed by atoms with E-state index in [2.05, 4.69) is 17.1 Å². The molecule has 1 fully saturated rings. The van der Waals surface area contributed by atoms with Crippen molar-refractivity contribution in [3.63, 3.8) is 0 Å². The van der Waals surface area contributed by atoms with Crippen LogP contribution < -0.4 is 5.32 Å². The molecule has 1 unspecified atom stereocenters. The topological polar surface area (TPSA) is 58.4 Å². The molecule has 2 rings (SSSR count). The van der Waals surface area contributed by atoms with Crippen LogP contribution in [0.3, 0.4) is 0 Å². The number of nitrogens with one attached hydrogen (secondary N) is 1. The van der Waals surface area contributed by atoms with E-state index in [1.165, 1.54) is 24.2 Å². The maximum Gasteiger partial charge on any atom is 0.324 e. The standard InChI is InChI=1S/C14H23N3O2S/c1-2-8-16(10-12-4-3-7-15-9-12)11-13-5-6-14(20-13)17(18)19/h5-6,12,15H,2-4,7-11H2,1H3. The van der Waals surface area contributed by atoms with Crippen molar-refractivity contribution in [2.75, 3.05) is 26.2 Å². The molecular formula is C14H23N3O2S. The maximum absolute atomic E-state index is 10.7. The number of thiophene rings is 1. The minimum atomic E-state index is -0.302. The highest BCUT2D eigenvalue weighted by molar-refractivity contribution is 7.15. The first-order valence-corrected chi connectivity index (χ1v) is 8.17. The number of nitro groups is 1. The van der Waals surface area contributed by atoms with Crippen molar-refractivity contribution in [2.45, 2.75) is 32.7 Å². The number of nitrogens with zero attached hydrogens (tertiary/aromatic N) is 2. The summed E-state index contributed by atoms with van der Waals surface area (Å²) in [6, 6.07) is 3.51. The summed E-state index contributed by atoms with van der Waals surface area (Å²) in [6.07, 6.45) is 3.67.